The highest BCUT2D eigenvalue weighted by molar-refractivity contribution is 5.37. The first-order valence-corrected chi connectivity index (χ1v) is 6.24. The molecule has 0 unspecified atom stereocenters. The van der Waals surface area contributed by atoms with E-state index < -0.39 is 0 Å². The molecule has 0 aromatic carbocycles. The van der Waals surface area contributed by atoms with Gasteiger partial charge in [0.05, 0.1) is 6.10 Å². The molecule has 0 bridgehead atoms. The summed E-state index contributed by atoms with van der Waals surface area (Å²) in [6, 6.07) is 1.71. The third kappa shape index (κ3) is 3.30. The minimum absolute atomic E-state index is 0.396. The quantitative estimate of drug-likeness (QED) is 0.857. The number of nitrogen functional groups attached to an aromatic ring is 1. The second kappa shape index (κ2) is 5.82. The highest BCUT2D eigenvalue weighted by atomic mass is 16.5. The Hall–Kier alpha value is -1.36. The maximum absolute atomic E-state index is 5.75. The molecular weight excluding hydrogens is 216 g/mol. The molecule has 0 atom stereocenters. The Labute approximate surface area is 102 Å². The molecule has 1 fully saturated rings. The minimum atomic E-state index is 0.396. The van der Waals surface area contributed by atoms with Crippen molar-refractivity contribution >= 4 is 11.8 Å². The molecule has 0 spiro atoms. The van der Waals surface area contributed by atoms with E-state index in [4.69, 9.17) is 10.5 Å². The van der Waals surface area contributed by atoms with Gasteiger partial charge in [-0.15, -0.1) is 0 Å². The number of hydrogen-bond donors (Lipinski definition) is 1. The van der Waals surface area contributed by atoms with Crippen molar-refractivity contribution in [2.24, 2.45) is 0 Å². The zero-order chi connectivity index (χ0) is 12.1. The summed E-state index contributed by atoms with van der Waals surface area (Å²) in [5.41, 5.74) is 5.66. The molecule has 0 aliphatic carbocycles. The van der Waals surface area contributed by atoms with Gasteiger partial charge in [0.25, 0.3) is 0 Å². The van der Waals surface area contributed by atoms with Crippen LogP contribution in [-0.4, -0.2) is 35.8 Å². The number of aromatic nitrogens is 2. The Kier molecular flexibility index (Phi) is 4.14. The summed E-state index contributed by atoms with van der Waals surface area (Å²) in [5, 5.41) is 0. The fourth-order valence-electron chi connectivity index (χ4n) is 2.02. The van der Waals surface area contributed by atoms with Crippen molar-refractivity contribution in [3.8, 4) is 0 Å². The van der Waals surface area contributed by atoms with Crippen molar-refractivity contribution in [3.63, 3.8) is 0 Å². The molecule has 0 amide bonds. The van der Waals surface area contributed by atoms with Crippen LogP contribution in [0.1, 0.15) is 26.2 Å². The number of ether oxygens (including phenoxy) is 1. The average Bonchev–Trinajstić information content (AvgIpc) is 2.37. The van der Waals surface area contributed by atoms with Gasteiger partial charge in [0.1, 0.15) is 5.82 Å². The smallest absolute Gasteiger partial charge is 0.227 e. The van der Waals surface area contributed by atoms with Gasteiger partial charge in [-0.05, 0) is 25.3 Å². The Morgan fingerprint density at radius 2 is 2.24 bits per heavy atom. The van der Waals surface area contributed by atoms with Crippen LogP contribution >= 0.6 is 0 Å². The molecule has 1 aromatic rings. The van der Waals surface area contributed by atoms with Gasteiger partial charge in [0, 0.05) is 25.9 Å². The van der Waals surface area contributed by atoms with Gasteiger partial charge in [-0.1, -0.05) is 6.92 Å². The van der Waals surface area contributed by atoms with Gasteiger partial charge in [0.2, 0.25) is 5.95 Å². The molecule has 1 aromatic heterocycles. The zero-order valence-corrected chi connectivity index (χ0v) is 10.3. The van der Waals surface area contributed by atoms with Crippen LogP contribution in [0.2, 0.25) is 0 Å². The monoisotopic (exact) mass is 236 g/mol. The second-order valence-corrected chi connectivity index (χ2v) is 4.34. The molecule has 1 aliphatic rings. The summed E-state index contributed by atoms with van der Waals surface area (Å²) < 4.78 is 5.75. The van der Waals surface area contributed by atoms with E-state index in [9.17, 15) is 0 Å². The van der Waals surface area contributed by atoms with Crippen LogP contribution in [0.25, 0.3) is 0 Å². The molecule has 2 rings (SSSR count). The van der Waals surface area contributed by atoms with E-state index in [1.165, 1.54) is 0 Å². The molecule has 0 radical (unpaired) electrons. The lowest BCUT2D eigenvalue weighted by atomic mass is 10.1. The second-order valence-electron chi connectivity index (χ2n) is 4.34. The highest BCUT2D eigenvalue weighted by Crippen LogP contribution is 2.18. The summed E-state index contributed by atoms with van der Waals surface area (Å²) in [5.74, 6) is 1.26. The number of nitrogens with zero attached hydrogens (tertiary/aromatic N) is 3. The Bertz CT molecular complexity index is 350. The summed E-state index contributed by atoms with van der Waals surface area (Å²) >= 11 is 0. The highest BCUT2D eigenvalue weighted by Gasteiger charge is 2.21. The van der Waals surface area contributed by atoms with Crippen LogP contribution in [-0.2, 0) is 4.74 Å². The van der Waals surface area contributed by atoms with Gasteiger partial charge < -0.3 is 15.4 Å². The minimum Gasteiger partial charge on any atom is -0.384 e. The predicted octanol–water partition coefficient (Wildman–Crippen LogP) is 1.45. The summed E-state index contributed by atoms with van der Waals surface area (Å²) in [6.45, 7) is 4.88. The van der Waals surface area contributed by atoms with Crippen molar-refractivity contribution < 1.29 is 4.74 Å². The predicted molar refractivity (Wildman–Crippen MR) is 67.9 cm³/mol. The van der Waals surface area contributed by atoms with Gasteiger partial charge in [-0.2, -0.15) is 4.98 Å². The van der Waals surface area contributed by atoms with E-state index in [0.29, 0.717) is 11.9 Å². The van der Waals surface area contributed by atoms with Crippen molar-refractivity contribution in [1.29, 1.82) is 0 Å². The van der Waals surface area contributed by atoms with E-state index in [1.54, 1.807) is 12.3 Å². The summed E-state index contributed by atoms with van der Waals surface area (Å²) in [7, 11) is 0. The third-order valence-corrected chi connectivity index (χ3v) is 2.95. The van der Waals surface area contributed by atoms with Crippen LogP contribution < -0.4 is 10.6 Å². The number of anilines is 2. The van der Waals surface area contributed by atoms with E-state index >= 15 is 0 Å². The standard InChI is InChI=1S/C12H20N4O/c1-2-9-17-10-4-7-16(8-5-10)12-14-6-3-11(13)15-12/h3,6,10H,2,4-5,7-9H2,1H3,(H2,13,14,15). The molecule has 2 N–H and O–H groups in total. The van der Waals surface area contributed by atoms with E-state index in [0.717, 1.165) is 44.9 Å². The van der Waals surface area contributed by atoms with E-state index in [2.05, 4.69) is 21.8 Å². The molecule has 94 valence electrons. The first-order chi connectivity index (χ1) is 8.29. The van der Waals surface area contributed by atoms with Gasteiger partial charge in [-0.25, -0.2) is 4.98 Å². The maximum atomic E-state index is 5.75. The average molecular weight is 236 g/mol. The largest absolute Gasteiger partial charge is 0.384 e. The van der Waals surface area contributed by atoms with Crippen molar-refractivity contribution in [3.05, 3.63) is 12.3 Å². The van der Waals surface area contributed by atoms with Crippen LogP contribution in [0.3, 0.4) is 0 Å². The van der Waals surface area contributed by atoms with Crippen LogP contribution in [0.15, 0.2) is 12.3 Å². The van der Waals surface area contributed by atoms with E-state index in [-0.39, 0.29) is 0 Å². The normalized spacial score (nSPS) is 17.4. The van der Waals surface area contributed by atoms with Crippen LogP contribution in [0, 0.1) is 0 Å². The Morgan fingerprint density at radius 3 is 2.88 bits per heavy atom. The number of rotatable bonds is 4. The summed E-state index contributed by atoms with van der Waals surface area (Å²) in [6.07, 6.45) is 5.26. The van der Waals surface area contributed by atoms with Crippen molar-refractivity contribution in [2.75, 3.05) is 30.3 Å². The molecule has 1 saturated heterocycles. The fraction of sp³-hybridized carbons (Fsp3) is 0.667. The molecule has 0 saturated carbocycles. The maximum Gasteiger partial charge on any atom is 0.227 e. The summed E-state index contributed by atoms with van der Waals surface area (Å²) in [4.78, 5) is 10.6. The lowest BCUT2D eigenvalue weighted by Gasteiger charge is -2.31. The molecule has 17 heavy (non-hydrogen) atoms. The van der Waals surface area contributed by atoms with Crippen LogP contribution in [0.4, 0.5) is 11.8 Å². The van der Waals surface area contributed by atoms with Crippen LogP contribution in [0.5, 0.6) is 0 Å². The topological polar surface area (TPSA) is 64.3 Å². The Balaban J connectivity index is 1.86. The number of piperidine rings is 1. The molecule has 5 heteroatoms. The van der Waals surface area contributed by atoms with Crippen molar-refractivity contribution in [1.82, 2.24) is 9.97 Å². The SMILES string of the molecule is CCCOC1CCN(c2nccc(N)n2)CC1. The lowest BCUT2D eigenvalue weighted by Crippen LogP contribution is -2.38. The molecule has 1 aliphatic heterocycles. The first-order valence-electron chi connectivity index (χ1n) is 6.24. The number of hydrogen-bond acceptors (Lipinski definition) is 5. The van der Waals surface area contributed by atoms with E-state index in [1.807, 2.05) is 0 Å². The molecule has 2 heterocycles. The lowest BCUT2D eigenvalue weighted by molar-refractivity contribution is 0.0373. The zero-order valence-electron chi connectivity index (χ0n) is 10.3. The molecule has 5 nitrogen and oxygen atoms in total. The van der Waals surface area contributed by atoms with Gasteiger partial charge >= 0.3 is 0 Å². The van der Waals surface area contributed by atoms with Gasteiger partial charge in [-0.3, -0.25) is 0 Å². The Morgan fingerprint density at radius 1 is 1.47 bits per heavy atom. The molecular formula is C12H20N4O. The fourth-order valence-corrected chi connectivity index (χ4v) is 2.02. The van der Waals surface area contributed by atoms with Gasteiger partial charge in [0.15, 0.2) is 0 Å². The third-order valence-electron chi connectivity index (χ3n) is 2.95. The van der Waals surface area contributed by atoms with Crippen molar-refractivity contribution in [2.45, 2.75) is 32.3 Å². The first kappa shape index (κ1) is 12.1. The number of nitrogens with two attached hydrogens (primary N) is 1.